The molecule has 1 aliphatic rings. The van der Waals surface area contributed by atoms with Crippen molar-refractivity contribution in [1.29, 1.82) is 0 Å². The Hall–Kier alpha value is -2.39. The first-order valence-corrected chi connectivity index (χ1v) is 11.8. The summed E-state index contributed by atoms with van der Waals surface area (Å²) in [6.07, 6.45) is 0.863. The van der Waals surface area contributed by atoms with Crippen molar-refractivity contribution >= 4 is 45.0 Å². The number of thiazole rings is 1. The van der Waals surface area contributed by atoms with Gasteiger partial charge in [-0.25, -0.2) is 4.98 Å². The molecule has 1 aliphatic heterocycles. The Labute approximate surface area is 204 Å². The number of hydrogen-bond donors (Lipinski definition) is 0. The van der Waals surface area contributed by atoms with Gasteiger partial charge in [0.05, 0.1) is 37.1 Å². The number of carbonyl (C=O) groups excluding carboxylic acids is 1. The molecule has 1 aromatic heterocycles. The first-order valence-electron chi connectivity index (χ1n) is 11.0. The van der Waals surface area contributed by atoms with E-state index in [1.807, 2.05) is 49.4 Å². The van der Waals surface area contributed by atoms with Crippen molar-refractivity contribution in [3.8, 4) is 11.5 Å². The molecule has 0 saturated carbocycles. The van der Waals surface area contributed by atoms with Crippen LogP contribution in [0.4, 0.5) is 5.13 Å². The zero-order chi connectivity index (χ0) is 22.3. The molecule has 2 aromatic carbocycles. The highest BCUT2D eigenvalue weighted by atomic mass is 35.5. The Morgan fingerprint density at radius 2 is 1.88 bits per heavy atom. The second-order valence-corrected chi connectivity index (χ2v) is 8.56. The molecule has 1 saturated heterocycles. The average molecular weight is 492 g/mol. The lowest BCUT2D eigenvalue weighted by Crippen LogP contribution is -2.39. The van der Waals surface area contributed by atoms with Crippen LogP contribution in [-0.2, 0) is 4.74 Å². The van der Waals surface area contributed by atoms with Gasteiger partial charge in [-0.3, -0.25) is 14.6 Å². The molecule has 1 amide bonds. The van der Waals surface area contributed by atoms with E-state index >= 15 is 0 Å². The summed E-state index contributed by atoms with van der Waals surface area (Å²) in [5.41, 5.74) is 1.46. The predicted molar refractivity (Wildman–Crippen MR) is 135 cm³/mol. The topological polar surface area (TPSA) is 64.1 Å². The van der Waals surface area contributed by atoms with Crippen LogP contribution < -0.4 is 14.4 Å². The average Bonchev–Trinajstić information content (AvgIpc) is 3.25. The second-order valence-electron chi connectivity index (χ2n) is 7.55. The highest BCUT2D eigenvalue weighted by Gasteiger charge is 2.22. The predicted octanol–water partition coefficient (Wildman–Crippen LogP) is 4.49. The monoisotopic (exact) mass is 491 g/mol. The maximum Gasteiger partial charge on any atom is 0.260 e. The Morgan fingerprint density at radius 3 is 2.58 bits per heavy atom. The number of rotatable bonds is 9. The van der Waals surface area contributed by atoms with Gasteiger partial charge in [0.15, 0.2) is 5.13 Å². The van der Waals surface area contributed by atoms with Crippen LogP contribution in [0, 0.1) is 0 Å². The number of hydrogen-bond acceptors (Lipinski definition) is 7. The van der Waals surface area contributed by atoms with Crippen LogP contribution in [0.25, 0.3) is 10.2 Å². The number of amides is 1. The van der Waals surface area contributed by atoms with Gasteiger partial charge in [-0.2, -0.15) is 0 Å². The summed E-state index contributed by atoms with van der Waals surface area (Å²) in [6.45, 7) is 7.48. The zero-order valence-corrected chi connectivity index (χ0v) is 20.6. The summed E-state index contributed by atoms with van der Waals surface area (Å²) in [4.78, 5) is 22.4. The molecule has 2 heterocycles. The maximum atomic E-state index is 13.5. The number of fused-ring (bicyclic) bond motifs is 1. The van der Waals surface area contributed by atoms with Gasteiger partial charge in [0.2, 0.25) is 0 Å². The second kappa shape index (κ2) is 12.2. The molecule has 0 unspecified atom stereocenters. The molecule has 0 radical (unpaired) electrons. The summed E-state index contributed by atoms with van der Waals surface area (Å²) in [7, 11) is 1.64. The fourth-order valence-electron chi connectivity index (χ4n) is 3.71. The number of anilines is 1. The minimum Gasteiger partial charge on any atom is -0.497 e. The highest BCUT2D eigenvalue weighted by Crippen LogP contribution is 2.32. The molecular weight excluding hydrogens is 462 g/mol. The Morgan fingerprint density at radius 1 is 1.15 bits per heavy atom. The van der Waals surface area contributed by atoms with Crippen LogP contribution in [0.15, 0.2) is 42.5 Å². The van der Waals surface area contributed by atoms with E-state index in [9.17, 15) is 4.79 Å². The first-order chi connectivity index (χ1) is 15.7. The van der Waals surface area contributed by atoms with E-state index < -0.39 is 0 Å². The van der Waals surface area contributed by atoms with E-state index in [2.05, 4.69) is 4.90 Å². The van der Waals surface area contributed by atoms with Gasteiger partial charge in [0.25, 0.3) is 5.91 Å². The molecule has 33 heavy (non-hydrogen) atoms. The normalized spacial score (nSPS) is 14.0. The number of halogens is 1. The Kier molecular flexibility index (Phi) is 9.31. The summed E-state index contributed by atoms with van der Waals surface area (Å²) in [6, 6.07) is 13.1. The maximum absolute atomic E-state index is 13.5. The van der Waals surface area contributed by atoms with Gasteiger partial charge in [-0.15, -0.1) is 12.4 Å². The number of benzene rings is 2. The standard InChI is InChI=1S/C24H29N3O4S.ClH/c1-3-31-19-7-5-18(6-8-19)23(28)27(12-4-11-26-13-15-30-16-14-26)24-25-21-17-20(29-2)9-10-22(21)32-24;/h5-10,17H,3-4,11-16H2,1-2H3;1H. The third-order valence-corrected chi connectivity index (χ3v) is 6.49. The van der Waals surface area contributed by atoms with Crippen LogP contribution in [0.1, 0.15) is 23.7 Å². The summed E-state index contributed by atoms with van der Waals surface area (Å²) in [5.74, 6) is 1.46. The Bertz CT molecular complexity index is 1040. The van der Waals surface area contributed by atoms with E-state index in [-0.39, 0.29) is 18.3 Å². The van der Waals surface area contributed by atoms with Gasteiger partial charge in [-0.1, -0.05) is 11.3 Å². The van der Waals surface area contributed by atoms with Gasteiger partial charge in [0, 0.05) is 37.8 Å². The van der Waals surface area contributed by atoms with E-state index in [4.69, 9.17) is 19.2 Å². The van der Waals surface area contributed by atoms with Crippen LogP contribution in [0.2, 0.25) is 0 Å². The third-order valence-electron chi connectivity index (χ3n) is 5.43. The molecule has 178 valence electrons. The molecule has 7 nitrogen and oxygen atoms in total. The largest absolute Gasteiger partial charge is 0.497 e. The minimum absolute atomic E-state index is 0. The van der Waals surface area contributed by atoms with Crippen LogP contribution >= 0.6 is 23.7 Å². The van der Waals surface area contributed by atoms with Gasteiger partial charge in [0.1, 0.15) is 11.5 Å². The molecule has 0 N–H and O–H groups in total. The smallest absolute Gasteiger partial charge is 0.260 e. The van der Waals surface area contributed by atoms with Crippen LogP contribution in [0.5, 0.6) is 11.5 Å². The number of carbonyl (C=O) groups is 1. The van der Waals surface area contributed by atoms with Crippen LogP contribution in [0.3, 0.4) is 0 Å². The molecule has 1 fully saturated rings. The first kappa shape index (κ1) is 25.2. The molecule has 0 bridgehead atoms. The summed E-state index contributed by atoms with van der Waals surface area (Å²) in [5, 5.41) is 0.703. The highest BCUT2D eigenvalue weighted by molar-refractivity contribution is 7.22. The molecular formula is C24H30ClN3O4S. The lowest BCUT2D eigenvalue weighted by molar-refractivity contribution is 0.0376. The quantitative estimate of drug-likeness (QED) is 0.439. The lowest BCUT2D eigenvalue weighted by atomic mass is 10.2. The van der Waals surface area contributed by atoms with Crippen molar-refractivity contribution in [2.24, 2.45) is 0 Å². The molecule has 0 spiro atoms. The SMILES string of the molecule is CCOc1ccc(C(=O)N(CCCN2CCOCC2)c2nc3cc(OC)ccc3s2)cc1.Cl. The van der Waals surface area contributed by atoms with E-state index in [1.165, 1.54) is 11.3 Å². The van der Waals surface area contributed by atoms with Crippen molar-refractivity contribution in [3.05, 3.63) is 48.0 Å². The van der Waals surface area contributed by atoms with Crippen molar-refractivity contribution < 1.29 is 19.0 Å². The zero-order valence-electron chi connectivity index (χ0n) is 19.0. The summed E-state index contributed by atoms with van der Waals surface area (Å²) < 4.78 is 17.3. The van der Waals surface area contributed by atoms with E-state index in [1.54, 1.807) is 12.0 Å². The van der Waals surface area contributed by atoms with Gasteiger partial charge >= 0.3 is 0 Å². The van der Waals surface area contributed by atoms with Gasteiger partial charge in [-0.05, 0) is 49.7 Å². The molecule has 4 rings (SSSR count). The number of morpholine rings is 1. The van der Waals surface area contributed by atoms with E-state index in [0.29, 0.717) is 23.8 Å². The minimum atomic E-state index is -0.0546. The summed E-state index contributed by atoms with van der Waals surface area (Å²) >= 11 is 1.52. The lowest BCUT2D eigenvalue weighted by Gasteiger charge is -2.27. The van der Waals surface area contributed by atoms with Crippen molar-refractivity contribution in [3.63, 3.8) is 0 Å². The van der Waals surface area contributed by atoms with Crippen molar-refractivity contribution in [2.75, 3.05) is 58.0 Å². The number of ether oxygens (including phenoxy) is 3. The van der Waals surface area contributed by atoms with E-state index in [0.717, 1.165) is 61.0 Å². The van der Waals surface area contributed by atoms with Crippen LogP contribution in [-0.4, -0.2) is 68.9 Å². The third kappa shape index (κ3) is 6.35. The number of methoxy groups -OCH3 is 1. The molecule has 3 aromatic rings. The van der Waals surface area contributed by atoms with Gasteiger partial charge < -0.3 is 14.2 Å². The van der Waals surface area contributed by atoms with Crippen molar-refractivity contribution in [1.82, 2.24) is 9.88 Å². The molecule has 0 aliphatic carbocycles. The van der Waals surface area contributed by atoms with Crippen molar-refractivity contribution in [2.45, 2.75) is 13.3 Å². The fraction of sp³-hybridized carbons (Fsp3) is 0.417. The molecule has 0 atom stereocenters. The number of nitrogens with zero attached hydrogens (tertiary/aromatic N) is 3. The Balaban J connectivity index is 0.00000306. The number of aromatic nitrogens is 1. The fourth-order valence-corrected chi connectivity index (χ4v) is 4.69. The molecule has 9 heteroatoms.